The third-order valence-corrected chi connectivity index (χ3v) is 7.88. The maximum atomic E-state index is 13.7. The van der Waals surface area contributed by atoms with Gasteiger partial charge in [-0.05, 0) is 44.5 Å². The molecule has 0 spiro atoms. The van der Waals surface area contributed by atoms with Crippen molar-refractivity contribution in [3.05, 3.63) is 52.6 Å². The number of anilines is 1. The Labute approximate surface area is 215 Å². The quantitative estimate of drug-likeness (QED) is 0.221. The number of phenols is 1. The molecule has 1 aromatic carbocycles. The summed E-state index contributed by atoms with van der Waals surface area (Å²) < 4.78 is 4.79. The van der Waals surface area contributed by atoms with Gasteiger partial charge in [-0.3, -0.25) is 19.2 Å². The number of amides is 2. The van der Waals surface area contributed by atoms with Crippen LogP contribution in [0.4, 0.5) is 5.69 Å². The van der Waals surface area contributed by atoms with Crippen LogP contribution < -0.4 is 11.1 Å². The smallest absolute Gasteiger partial charge is 0.294 e. The number of nitrogens with one attached hydrogen (secondary N) is 1. The number of aromatic nitrogens is 1. The molecule has 13 heteroatoms. The number of carbonyl (C=O) groups is 4. The summed E-state index contributed by atoms with van der Waals surface area (Å²) in [6, 6.07) is 3.32. The van der Waals surface area contributed by atoms with Gasteiger partial charge in [-0.1, -0.05) is 11.2 Å². The summed E-state index contributed by atoms with van der Waals surface area (Å²) in [4.78, 5) is 53.0. The highest BCUT2D eigenvalue weighted by Crippen LogP contribution is 2.52. The highest BCUT2D eigenvalue weighted by atomic mass is 16.5. The van der Waals surface area contributed by atoms with Crippen LogP contribution in [0.1, 0.15) is 32.9 Å². The Morgan fingerprint density at radius 3 is 2.53 bits per heavy atom. The summed E-state index contributed by atoms with van der Waals surface area (Å²) in [5.74, 6) is -9.12. The van der Waals surface area contributed by atoms with Gasteiger partial charge in [0.1, 0.15) is 11.7 Å². The Morgan fingerprint density at radius 1 is 1.21 bits per heavy atom. The fourth-order valence-corrected chi connectivity index (χ4v) is 6.20. The van der Waals surface area contributed by atoms with E-state index >= 15 is 0 Å². The van der Waals surface area contributed by atoms with Crippen LogP contribution in [0, 0.1) is 17.8 Å². The van der Waals surface area contributed by atoms with Crippen molar-refractivity contribution < 1.29 is 44.1 Å². The van der Waals surface area contributed by atoms with Gasteiger partial charge in [0.25, 0.3) is 5.91 Å². The number of carbonyl (C=O) groups excluding carboxylic acids is 4. The van der Waals surface area contributed by atoms with E-state index in [2.05, 4.69) is 10.5 Å². The number of allylic oxidation sites excluding steroid dienone is 1. The van der Waals surface area contributed by atoms with E-state index in [9.17, 15) is 39.6 Å². The van der Waals surface area contributed by atoms with Crippen LogP contribution in [0.25, 0.3) is 0 Å². The van der Waals surface area contributed by atoms with Crippen molar-refractivity contribution in [2.75, 3.05) is 19.4 Å². The van der Waals surface area contributed by atoms with Gasteiger partial charge in [0, 0.05) is 23.6 Å². The van der Waals surface area contributed by atoms with Crippen molar-refractivity contribution in [3.63, 3.8) is 0 Å². The van der Waals surface area contributed by atoms with E-state index in [4.69, 9.17) is 10.3 Å². The van der Waals surface area contributed by atoms with Gasteiger partial charge in [-0.25, -0.2) is 0 Å². The van der Waals surface area contributed by atoms with E-state index < -0.39 is 70.4 Å². The number of aliphatic hydroxyl groups excluding tert-OH is 2. The second-order valence-corrected chi connectivity index (χ2v) is 10.1. The predicted molar refractivity (Wildman–Crippen MR) is 128 cm³/mol. The third kappa shape index (κ3) is 3.46. The van der Waals surface area contributed by atoms with Crippen LogP contribution in [-0.2, 0) is 16.0 Å². The molecule has 6 atom stereocenters. The lowest BCUT2D eigenvalue weighted by molar-refractivity contribution is -0.178. The largest absolute Gasteiger partial charge is 0.508 e. The number of phenolic OH excluding ortho intramolecular Hbond substituents is 1. The summed E-state index contributed by atoms with van der Waals surface area (Å²) in [5.41, 5.74) is 2.54. The average Bonchev–Trinajstić information content (AvgIpc) is 3.38. The van der Waals surface area contributed by atoms with Gasteiger partial charge in [0.15, 0.2) is 22.9 Å². The van der Waals surface area contributed by atoms with E-state index in [0.29, 0.717) is 5.56 Å². The minimum Gasteiger partial charge on any atom is -0.508 e. The van der Waals surface area contributed by atoms with E-state index in [-0.39, 0.29) is 35.4 Å². The number of rotatable bonds is 4. The molecule has 13 nitrogen and oxygen atoms in total. The number of benzene rings is 1. The zero-order valence-electron chi connectivity index (χ0n) is 20.4. The summed E-state index contributed by atoms with van der Waals surface area (Å²) in [7, 11) is 3.18. The monoisotopic (exact) mass is 526 g/mol. The van der Waals surface area contributed by atoms with Crippen LogP contribution in [-0.4, -0.2) is 85.7 Å². The average molecular weight is 527 g/mol. The molecule has 0 bridgehead atoms. The number of hydrogen-bond acceptors (Lipinski definition) is 11. The Morgan fingerprint density at radius 2 is 1.92 bits per heavy atom. The van der Waals surface area contributed by atoms with Gasteiger partial charge in [0.05, 0.1) is 23.6 Å². The van der Waals surface area contributed by atoms with Crippen LogP contribution in [0.3, 0.4) is 0 Å². The number of nitrogens with two attached hydrogens (primary N) is 1. The molecule has 5 rings (SSSR count). The number of fused-ring (bicyclic) bond motifs is 3. The summed E-state index contributed by atoms with van der Waals surface area (Å²) in [6.07, 6.45) is -0.110. The van der Waals surface area contributed by atoms with E-state index in [0.717, 1.165) is 0 Å². The maximum Gasteiger partial charge on any atom is 0.294 e. The Kier molecular flexibility index (Phi) is 5.89. The van der Waals surface area contributed by atoms with Gasteiger partial charge in [-0.2, -0.15) is 0 Å². The number of aliphatic hydroxyl groups is 3. The lowest BCUT2D eigenvalue weighted by Crippen LogP contribution is -2.71. The van der Waals surface area contributed by atoms with Gasteiger partial charge in [-0.15, -0.1) is 0 Å². The number of ketones is 2. The third-order valence-electron chi connectivity index (χ3n) is 7.88. The number of nitrogens with zero attached hydrogens (tertiary/aromatic N) is 2. The first kappa shape index (κ1) is 25.6. The number of hydrogen-bond donors (Lipinski definition) is 6. The number of aromatic hydroxyl groups is 1. The first-order valence-corrected chi connectivity index (χ1v) is 11.8. The van der Waals surface area contributed by atoms with Crippen LogP contribution in [0.2, 0.25) is 0 Å². The van der Waals surface area contributed by atoms with Crippen LogP contribution in [0.15, 0.2) is 40.3 Å². The second-order valence-electron chi connectivity index (χ2n) is 10.1. The lowest BCUT2D eigenvalue weighted by Gasteiger charge is -2.53. The molecule has 1 heterocycles. The Balaban J connectivity index is 1.60. The first-order valence-electron chi connectivity index (χ1n) is 11.8. The molecule has 1 aromatic heterocycles. The SMILES string of the molecule is CN(C)[C@@H]1C(O)C(C(N)=O)C(=O)[C@@]2(O)C(O)=C3C(=O)c4c(ccc(NC(=O)c5ccno5)c4O)C[C@H]3C[C@@H]12. The van der Waals surface area contributed by atoms with Gasteiger partial charge < -0.3 is 40.9 Å². The zero-order valence-corrected chi connectivity index (χ0v) is 20.4. The molecule has 1 fully saturated rings. The summed E-state index contributed by atoms with van der Waals surface area (Å²) in [5, 5.41) is 50.6. The molecule has 2 amide bonds. The van der Waals surface area contributed by atoms with Crippen molar-refractivity contribution in [2.45, 2.75) is 30.6 Å². The minimum absolute atomic E-state index is 0.0168. The van der Waals surface area contributed by atoms with Crippen molar-refractivity contribution in [1.82, 2.24) is 10.1 Å². The molecule has 0 saturated heterocycles. The summed E-state index contributed by atoms with van der Waals surface area (Å²) in [6.45, 7) is 0. The molecule has 0 radical (unpaired) electrons. The lowest BCUT2D eigenvalue weighted by atomic mass is 9.56. The Bertz CT molecular complexity index is 1400. The van der Waals surface area contributed by atoms with Gasteiger partial charge in [0.2, 0.25) is 11.7 Å². The molecule has 3 aliphatic carbocycles. The van der Waals surface area contributed by atoms with Gasteiger partial charge >= 0.3 is 0 Å². The summed E-state index contributed by atoms with van der Waals surface area (Å²) >= 11 is 0. The molecule has 7 N–H and O–H groups in total. The first-order chi connectivity index (χ1) is 17.9. The number of primary amides is 1. The predicted octanol–water partition coefficient (Wildman–Crippen LogP) is -0.474. The number of likely N-dealkylation sites (N-methyl/N-ethyl adjacent to an activating group) is 1. The Hall–Kier alpha value is -4.07. The molecule has 2 unspecified atom stereocenters. The molecule has 200 valence electrons. The van der Waals surface area contributed by atoms with Crippen LogP contribution in [0.5, 0.6) is 5.75 Å². The van der Waals surface area contributed by atoms with Crippen molar-refractivity contribution in [1.29, 1.82) is 0 Å². The van der Waals surface area contributed by atoms with Crippen molar-refractivity contribution in [3.8, 4) is 5.75 Å². The standard InChI is InChI=1S/C25H26N4O9/c1-29(2)17-11-8-10-7-9-3-4-12(28-24(36)13-5-6-27-38-13)18(30)14(9)19(31)15(10)21(33)25(11,37)22(34)16(20(17)32)23(26)35/h3-6,10-11,16-17,20,30,32-33,37H,7-8H2,1-2H3,(H2,26,35)(H,28,36)/t10-,11-,16?,17-,20?,25-/m0/s1. The second kappa shape index (κ2) is 8.75. The molecule has 3 aliphatic rings. The van der Waals surface area contributed by atoms with Crippen molar-refractivity contribution in [2.24, 2.45) is 23.5 Å². The topological polar surface area (TPSA) is 217 Å². The van der Waals surface area contributed by atoms with E-state index in [1.807, 2.05) is 0 Å². The van der Waals surface area contributed by atoms with Crippen LogP contribution >= 0.6 is 0 Å². The minimum atomic E-state index is -2.67. The molecule has 1 saturated carbocycles. The molecule has 0 aliphatic heterocycles. The highest BCUT2D eigenvalue weighted by Gasteiger charge is 2.66. The molecule has 38 heavy (non-hydrogen) atoms. The normalized spacial score (nSPS) is 30.5. The molecular weight excluding hydrogens is 500 g/mol. The maximum absolute atomic E-state index is 13.7. The number of Topliss-reactive ketones (excluding diaryl/α,β-unsaturated/α-hetero) is 2. The highest BCUT2D eigenvalue weighted by molar-refractivity contribution is 6.16. The van der Waals surface area contributed by atoms with Crippen molar-refractivity contribution >= 4 is 29.1 Å². The van der Waals surface area contributed by atoms with E-state index in [1.165, 1.54) is 23.2 Å². The fraction of sp³-hybridized carbons (Fsp3) is 0.400. The molecular formula is C25H26N4O9. The van der Waals surface area contributed by atoms with E-state index in [1.54, 1.807) is 20.2 Å². The fourth-order valence-electron chi connectivity index (χ4n) is 6.20. The molecule has 2 aromatic rings. The zero-order chi connectivity index (χ0) is 27.7.